The number of aryl methyl sites for hydroxylation is 9. The van der Waals surface area contributed by atoms with Gasteiger partial charge in [-0.05, 0) is 172 Å². The third-order valence-corrected chi connectivity index (χ3v) is 14.5. The van der Waals surface area contributed by atoms with Gasteiger partial charge in [0.1, 0.15) is 0 Å². The molecule has 0 fully saturated rings. The van der Waals surface area contributed by atoms with E-state index in [0.717, 1.165) is 89.4 Å². The summed E-state index contributed by atoms with van der Waals surface area (Å²) in [6, 6.07) is 30.5. The number of H-pyrrole nitrogens is 2. The zero-order chi connectivity index (χ0) is 45.2. The fourth-order valence-electron chi connectivity index (χ4n) is 10.2. The lowest BCUT2D eigenvalue weighted by atomic mass is 9.91. The Balaban J connectivity index is 1.46. The van der Waals surface area contributed by atoms with Gasteiger partial charge in [-0.15, -0.1) is 0 Å². The van der Waals surface area contributed by atoms with Gasteiger partial charge in [0, 0.05) is 53.0 Å². The first-order valence-electron chi connectivity index (χ1n) is 21.9. The van der Waals surface area contributed by atoms with Crippen LogP contribution >= 0.6 is 7.60 Å². The quantitative estimate of drug-likeness (QED) is 0.148. The van der Waals surface area contributed by atoms with Gasteiger partial charge in [0.2, 0.25) is 0 Å². The minimum atomic E-state index is -3.26. The molecule has 0 unspecified atom stereocenters. The molecule has 64 heavy (non-hydrogen) atoms. The van der Waals surface area contributed by atoms with Crippen LogP contribution in [0.15, 0.2) is 84.9 Å². The Hall–Kier alpha value is -6.37. The number of hydrogen-bond donors (Lipinski definition) is 2. The van der Waals surface area contributed by atoms with Crippen LogP contribution in [-0.4, -0.2) is 34.2 Å². The number of aromatic amines is 2. The van der Waals surface area contributed by atoms with Crippen molar-refractivity contribution in [1.29, 1.82) is 0 Å². The fourth-order valence-corrected chi connectivity index (χ4v) is 11.3. The number of nitrogens with one attached hydrogen (secondary N) is 2. The number of aromatic nitrogens is 4. The molecule has 3 aromatic heterocycles. The standard InChI is InChI=1S/C56H55N4O3P/c1-31-22-34(4)50(35(5)23-31)53-45-17-16-42(57-45)28-43-29-44(41-14-12-40(13-15-41)30-64(61,62-10)63-11)56(58-43)55(52-38(8)26-33(3)27-39(52)9)49-21-20-48(60-49)54(47-19-18-46(53)59-47)51-36(6)24-32(2)25-37(51)7/h12-29,58-59H,30H2,1-11H3. The Morgan fingerprint density at radius 1 is 0.484 bits per heavy atom. The average Bonchev–Trinajstić information content (AvgIpc) is 4.07. The average molecular weight is 863 g/mol. The summed E-state index contributed by atoms with van der Waals surface area (Å²) >= 11 is 0. The van der Waals surface area contributed by atoms with Crippen molar-refractivity contribution in [3.8, 4) is 44.5 Å². The van der Waals surface area contributed by atoms with E-state index in [1.54, 1.807) is 0 Å². The molecule has 4 aromatic carbocycles. The molecule has 7 nitrogen and oxygen atoms in total. The molecule has 0 aliphatic carbocycles. The number of rotatable bonds is 8. The van der Waals surface area contributed by atoms with Crippen molar-refractivity contribution in [3.05, 3.63) is 163 Å². The second-order valence-corrected chi connectivity index (χ2v) is 20.0. The highest BCUT2D eigenvalue weighted by atomic mass is 31.2. The summed E-state index contributed by atoms with van der Waals surface area (Å²) in [5, 5.41) is 0. The van der Waals surface area contributed by atoms with E-state index in [0.29, 0.717) is 0 Å². The molecule has 0 atom stereocenters. The predicted molar refractivity (Wildman–Crippen MR) is 269 cm³/mol. The van der Waals surface area contributed by atoms with Crippen molar-refractivity contribution in [2.75, 3.05) is 14.2 Å². The van der Waals surface area contributed by atoms with Crippen LogP contribution in [0.3, 0.4) is 0 Å². The van der Waals surface area contributed by atoms with Gasteiger partial charge in [-0.2, -0.15) is 0 Å². The summed E-state index contributed by atoms with van der Waals surface area (Å²) in [4.78, 5) is 18.9. The minimum Gasteiger partial charge on any atom is -0.354 e. The first-order valence-corrected chi connectivity index (χ1v) is 23.6. The number of benzene rings is 4. The van der Waals surface area contributed by atoms with E-state index in [-0.39, 0.29) is 6.16 Å². The number of nitrogens with zero attached hydrogens (tertiary/aromatic N) is 2. The van der Waals surface area contributed by atoms with Crippen molar-refractivity contribution in [2.45, 2.75) is 68.5 Å². The first-order chi connectivity index (χ1) is 30.6. The van der Waals surface area contributed by atoms with Crippen LogP contribution in [0.2, 0.25) is 0 Å². The molecule has 0 spiro atoms. The van der Waals surface area contributed by atoms with Crippen LogP contribution < -0.4 is 0 Å². The molecule has 5 heterocycles. The molecular weight excluding hydrogens is 808 g/mol. The molecule has 0 amide bonds. The number of hydrogen-bond acceptors (Lipinski definition) is 5. The Kier molecular flexibility index (Phi) is 11.2. The van der Waals surface area contributed by atoms with Crippen molar-refractivity contribution < 1.29 is 13.6 Å². The van der Waals surface area contributed by atoms with Gasteiger partial charge in [0.15, 0.2) is 0 Å². The maximum atomic E-state index is 13.1. The fraction of sp³-hybridized carbons (Fsp3) is 0.214. The van der Waals surface area contributed by atoms with E-state index in [9.17, 15) is 4.57 Å². The third-order valence-electron chi connectivity index (χ3n) is 12.7. The maximum absolute atomic E-state index is 13.1. The van der Waals surface area contributed by atoms with E-state index in [1.807, 2.05) is 12.1 Å². The van der Waals surface area contributed by atoms with Crippen molar-refractivity contribution in [1.82, 2.24) is 19.9 Å². The molecule has 0 saturated heterocycles. The lowest BCUT2D eigenvalue weighted by molar-refractivity contribution is 0.275. The second-order valence-electron chi connectivity index (χ2n) is 17.7. The molecule has 0 radical (unpaired) electrons. The van der Waals surface area contributed by atoms with Gasteiger partial charge in [-0.25, -0.2) is 9.97 Å². The molecule has 2 aliphatic rings. The normalized spacial score (nSPS) is 12.4. The van der Waals surface area contributed by atoms with Crippen LogP contribution in [0.5, 0.6) is 0 Å². The Morgan fingerprint density at radius 2 is 0.922 bits per heavy atom. The van der Waals surface area contributed by atoms with Gasteiger partial charge in [0.05, 0.1) is 34.5 Å². The smallest absolute Gasteiger partial charge is 0.334 e. The van der Waals surface area contributed by atoms with Crippen LogP contribution in [0.1, 0.15) is 78.4 Å². The summed E-state index contributed by atoms with van der Waals surface area (Å²) in [5.74, 6) is 0. The Bertz CT molecular complexity index is 3270. The van der Waals surface area contributed by atoms with Crippen LogP contribution in [-0.2, 0) is 19.8 Å². The van der Waals surface area contributed by atoms with Gasteiger partial charge in [-0.1, -0.05) is 77.4 Å². The monoisotopic (exact) mass is 862 g/mol. The summed E-state index contributed by atoms with van der Waals surface area (Å²) in [5.41, 5.74) is 27.5. The topological polar surface area (TPSA) is 92.9 Å². The molecule has 322 valence electrons. The number of fused-ring (bicyclic) bond motifs is 8. The lowest BCUT2D eigenvalue weighted by Crippen LogP contribution is -1.96. The molecular formula is C56H55N4O3P. The largest absolute Gasteiger partial charge is 0.354 e. The maximum Gasteiger partial charge on any atom is 0.334 e. The molecule has 2 aliphatic heterocycles. The Morgan fingerprint density at radius 3 is 1.41 bits per heavy atom. The molecule has 8 bridgehead atoms. The Labute approximate surface area is 376 Å². The van der Waals surface area contributed by atoms with E-state index in [1.165, 1.54) is 69.9 Å². The second kappa shape index (κ2) is 16.6. The minimum absolute atomic E-state index is 0.172. The van der Waals surface area contributed by atoms with Crippen molar-refractivity contribution >= 4 is 54.0 Å². The van der Waals surface area contributed by atoms with Gasteiger partial charge >= 0.3 is 7.60 Å². The summed E-state index contributed by atoms with van der Waals surface area (Å²) in [6.45, 7) is 19.6. The van der Waals surface area contributed by atoms with E-state index in [4.69, 9.17) is 19.0 Å². The van der Waals surface area contributed by atoms with Crippen LogP contribution in [0.25, 0.3) is 90.9 Å². The predicted octanol–water partition coefficient (Wildman–Crippen LogP) is 15.1. The van der Waals surface area contributed by atoms with Crippen LogP contribution in [0, 0.1) is 62.3 Å². The van der Waals surface area contributed by atoms with Gasteiger partial charge in [-0.3, -0.25) is 4.57 Å². The zero-order valence-electron chi connectivity index (χ0n) is 38.7. The van der Waals surface area contributed by atoms with E-state index < -0.39 is 7.60 Å². The highest BCUT2D eigenvalue weighted by Gasteiger charge is 2.24. The van der Waals surface area contributed by atoms with Gasteiger partial charge in [0.25, 0.3) is 0 Å². The van der Waals surface area contributed by atoms with E-state index in [2.05, 4.69) is 169 Å². The summed E-state index contributed by atoms with van der Waals surface area (Å²) in [7, 11) is -0.411. The third kappa shape index (κ3) is 7.83. The summed E-state index contributed by atoms with van der Waals surface area (Å²) in [6.07, 6.45) is 8.77. The summed E-state index contributed by atoms with van der Waals surface area (Å²) < 4.78 is 23.7. The zero-order valence-corrected chi connectivity index (χ0v) is 39.6. The molecule has 9 rings (SSSR count). The highest BCUT2D eigenvalue weighted by Crippen LogP contribution is 2.50. The van der Waals surface area contributed by atoms with Gasteiger partial charge < -0.3 is 19.0 Å². The molecule has 2 N–H and O–H groups in total. The van der Waals surface area contributed by atoms with Crippen molar-refractivity contribution in [2.24, 2.45) is 0 Å². The van der Waals surface area contributed by atoms with E-state index >= 15 is 0 Å². The lowest BCUT2D eigenvalue weighted by Gasteiger charge is -2.15. The molecule has 0 saturated carbocycles. The highest BCUT2D eigenvalue weighted by molar-refractivity contribution is 7.52. The molecule has 8 heteroatoms. The first kappa shape index (κ1) is 42.9. The SMILES string of the molecule is COP(=O)(Cc1ccc(-c2cc3cc4nc(c(-c5c(C)cc(C)cc5C)c5ccc([nH]5)c(-c5c(C)cc(C)cc5C)c5nc(c(-c6c(C)cc(C)cc6C)c2[nH]3)C=C5)C=C4)cc1)OC. The molecule has 7 aromatic rings. The van der Waals surface area contributed by atoms with Crippen LogP contribution in [0.4, 0.5) is 0 Å². The van der Waals surface area contributed by atoms with Crippen molar-refractivity contribution in [3.63, 3.8) is 0 Å².